The third-order valence-corrected chi connectivity index (χ3v) is 8.72. The second kappa shape index (κ2) is 6.18. The Morgan fingerprint density at radius 3 is 2.45 bits per heavy atom. The molecule has 2 aromatic rings. The van der Waals surface area contributed by atoms with E-state index in [1.54, 1.807) is 18.3 Å². The molecule has 5 heteroatoms. The van der Waals surface area contributed by atoms with Gasteiger partial charge in [0, 0.05) is 6.20 Å². The van der Waals surface area contributed by atoms with Gasteiger partial charge in [0.25, 0.3) is 0 Å². The highest BCUT2D eigenvalue weighted by molar-refractivity contribution is 6.74. The molecule has 0 atom stereocenters. The first-order valence-electron chi connectivity index (χ1n) is 7.45. The second-order valence-corrected chi connectivity index (χ2v) is 11.7. The Bertz CT molecular complexity index is 651. The van der Waals surface area contributed by atoms with E-state index in [2.05, 4.69) is 43.8 Å². The number of aromatic nitrogens is 2. The topological polar surface area (TPSA) is 55.2 Å². The molecule has 4 nitrogen and oxygen atoms in total. The van der Waals surface area contributed by atoms with E-state index >= 15 is 0 Å². The highest BCUT2D eigenvalue weighted by Gasteiger charge is 2.37. The first kappa shape index (κ1) is 16.6. The zero-order valence-electron chi connectivity index (χ0n) is 13.9. The summed E-state index contributed by atoms with van der Waals surface area (Å²) in [4.78, 5) is 8.76. The largest absolute Gasteiger partial charge is 0.507 e. The number of phenolic OH excluding ortho intramolecular Hbond substituents is 1. The lowest BCUT2D eigenvalue weighted by atomic mass is 10.2. The predicted molar refractivity (Wildman–Crippen MR) is 91.1 cm³/mol. The molecule has 0 amide bonds. The van der Waals surface area contributed by atoms with Gasteiger partial charge in [-0.3, -0.25) is 0 Å². The van der Waals surface area contributed by atoms with Gasteiger partial charge in [-0.15, -0.1) is 0 Å². The van der Waals surface area contributed by atoms with Gasteiger partial charge in [-0.05, 0) is 36.3 Å². The second-order valence-electron chi connectivity index (χ2n) is 6.94. The van der Waals surface area contributed by atoms with E-state index in [0.717, 1.165) is 5.69 Å². The smallest absolute Gasteiger partial charge is 0.192 e. The Hall–Kier alpha value is -1.72. The Morgan fingerprint density at radius 1 is 1.14 bits per heavy atom. The number of phenols is 1. The minimum absolute atomic E-state index is 0.167. The van der Waals surface area contributed by atoms with Crippen LogP contribution in [-0.4, -0.2) is 23.4 Å². The lowest BCUT2D eigenvalue weighted by Gasteiger charge is -2.36. The summed E-state index contributed by atoms with van der Waals surface area (Å²) in [5, 5.41) is 10.1. The number of hydrogen-bond acceptors (Lipinski definition) is 4. The number of rotatable bonds is 4. The van der Waals surface area contributed by atoms with Gasteiger partial charge in [0.2, 0.25) is 0 Å². The molecule has 0 spiro atoms. The molecule has 118 valence electrons. The number of benzene rings is 1. The van der Waals surface area contributed by atoms with Crippen LogP contribution >= 0.6 is 0 Å². The molecule has 0 unspecified atom stereocenters. The molecule has 1 N–H and O–H groups in total. The first-order chi connectivity index (χ1) is 10.2. The van der Waals surface area contributed by atoms with Crippen molar-refractivity contribution in [3.8, 4) is 17.1 Å². The molecule has 1 aromatic carbocycles. The third-order valence-electron chi connectivity index (χ3n) is 4.25. The summed E-state index contributed by atoms with van der Waals surface area (Å²) in [6, 6.07) is 8.94. The number of hydrogen-bond donors (Lipinski definition) is 1. The fraction of sp³-hybridized carbons (Fsp3) is 0.412. The van der Waals surface area contributed by atoms with Crippen molar-refractivity contribution >= 4 is 8.32 Å². The zero-order chi connectivity index (χ0) is 16.4. The predicted octanol–water partition coefficient (Wildman–Crippen LogP) is 4.37. The molecule has 0 aliphatic heterocycles. The molecule has 2 rings (SSSR count). The highest BCUT2D eigenvalue weighted by Crippen LogP contribution is 2.37. The Labute approximate surface area is 133 Å². The van der Waals surface area contributed by atoms with Crippen molar-refractivity contribution in [1.29, 1.82) is 0 Å². The van der Waals surface area contributed by atoms with Crippen LogP contribution in [0.2, 0.25) is 18.1 Å². The van der Waals surface area contributed by atoms with Crippen LogP contribution in [0, 0.1) is 0 Å². The Morgan fingerprint density at radius 2 is 1.82 bits per heavy atom. The highest BCUT2D eigenvalue weighted by atomic mass is 28.4. The summed E-state index contributed by atoms with van der Waals surface area (Å²) in [5.74, 6) is 0.708. The fourth-order valence-corrected chi connectivity index (χ4v) is 2.68. The van der Waals surface area contributed by atoms with Gasteiger partial charge in [-0.2, -0.15) is 0 Å². The fourth-order valence-electron chi connectivity index (χ4n) is 1.74. The van der Waals surface area contributed by atoms with E-state index in [4.69, 9.17) is 4.43 Å². The maximum absolute atomic E-state index is 9.92. The maximum atomic E-state index is 9.92. The lowest BCUT2D eigenvalue weighted by molar-refractivity contribution is 0.272. The molecule has 0 aliphatic carbocycles. The van der Waals surface area contributed by atoms with Gasteiger partial charge in [0.05, 0.1) is 17.9 Å². The number of para-hydroxylation sites is 1. The summed E-state index contributed by atoms with van der Waals surface area (Å²) in [6.45, 7) is 11.6. The van der Waals surface area contributed by atoms with E-state index in [1.165, 1.54) is 0 Å². The molecule has 22 heavy (non-hydrogen) atoms. The minimum Gasteiger partial charge on any atom is -0.507 e. The van der Waals surface area contributed by atoms with Crippen molar-refractivity contribution in [2.75, 3.05) is 0 Å². The van der Waals surface area contributed by atoms with Gasteiger partial charge in [0.1, 0.15) is 5.75 Å². The number of nitrogens with zero attached hydrogens (tertiary/aromatic N) is 2. The molecule has 0 bridgehead atoms. The van der Waals surface area contributed by atoms with Crippen molar-refractivity contribution < 1.29 is 9.53 Å². The summed E-state index contributed by atoms with van der Waals surface area (Å²) in [6.07, 6.45) is 1.71. The Kier molecular flexibility index (Phi) is 4.68. The van der Waals surface area contributed by atoms with Crippen LogP contribution in [0.15, 0.2) is 36.5 Å². The number of aromatic hydroxyl groups is 1. The van der Waals surface area contributed by atoms with Crippen LogP contribution in [0.5, 0.6) is 5.75 Å². The molecule has 0 radical (unpaired) electrons. The summed E-state index contributed by atoms with van der Waals surface area (Å²) >= 11 is 0. The SMILES string of the molecule is CC(C)(C)[Si](C)(C)OCc1ccnc(-c2ccccc2O)n1. The van der Waals surface area contributed by atoms with Crippen molar-refractivity contribution in [2.24, 2.45) is 0 Å². The minimum atomic E-state index is -1.81. The average molecular weight is 316 g/mol. The van der Waals surface area contributed by atoms with Crippen LogP contribution < -0.4 is 0 Å². The van der Waals surface area contributed by atoms with Crippen LogP contribution in [-0.2, 0) is 11.0 Å². The van der Waals surface area contributed by atoms with Gasteiger partial charge in [0.15, 0.2) is 14.1 Å². The van der Waals surface area contributed by atoms with Crippen LogP contribution in [0.1, 0.15) is 26.5 Å². The molecular formula is C17H24N2O2Si. The molecule has 0 fully saturated rings. The van der Waals surface area contributed by atoms with Crippen LogP contribution in [0.25, 0.3) is 11.4 Å². The van der Waals surface area contributed by atoms with Gasteiger partial charge in [-0.25, -0.2) is 9.97 Å². The standard InChI is InChI=1S/C17H24N2O2Si/c1-17(2,3)22(4,5)21-12-13-10-11-18-16(19-13)14-8-6-7-9-15(14)20/h6-11,20H,12H2,1-5H3. The van der Waals surface area contributed by atoms with Crippen molar-refractivity contribution in [3.63, 3.8) is 0 Å². The van der Waals surface area contributed by atoms with E-state index in [0.29, 0.717) is 18.0 Å². The molecular weight excluding hydrogens is 292 g/mol. The van der Waals surface area contributed by atoms with Crippen molar-refractivity contribution in [2.45, 2.75) is 45.5 Å². The average Bonchev–Trinajstić information content (AvgIpc) is 2.45. The van der Waals surface area contributed by atoms with E-state index in [9.17, 15) is 5.11 Å². The lowest BCUT2D eigenvalue weighted by Crippen LogP contribution is -2.40. The van der Waals surface area contributed by atoms with Gasteiger partial charge in [-0.1, -0.05) is 32.9 Å². The third kappa shape index (κ3) is 3.72. The molecule has 1 heterocycles. The summed E-state index contributed by atoms with van der Waals surface area (Å²) in [7, 11) is -1.81. The van der Waals surface area contributed by atoms with E-state index in [1.807, 2.05) is 18.2 Å². The Balaban J connectivity index is 2.18. The van der Waals surface area contributed by atoms with Gasteiger partial charge >= 0.3 is 0 Å². The van der Waals surface area contributed by atoms with Crippen LogP contribution in [0.4, 0.5) is 0 Å². The van der Waals surface area contributed by atoms with Crippen molar-refractivity contribution in [3.05, 3.63) is 42.2 Å². The first-order valence-corrected chi connectivity index (χ1v) is 10.4. The van der Waals surface area contributed by atoms with Gasteiger partial charge < -0.3 is 9.53 Å². The van der Waals surface area contributed by atoms with Crippen molar-refractivity contribution in [1.82, 2.24) is 9.97 Å². The van der Waals surface area contributed by atoms with Crippen LogP contribution in [0.3, 0.4) is 0 Å². The molecule has 0 saturated heterocycles. The summed E-state index contributed by atoms with van der Waals surface area (Å²) in [5.41, 5.74) is 1.47. The molecule has 1 aromatic heterocycles. The molecule has 0 saturated carbocycles. The van der Waals surface area contributed by atoms with E-state index in [-0.39, 0.29) is 10.8 Å². The van der Waals surface area contributed by atoms with E-state index < -0.39 is 8.32 Å². The normalized spacial score (nSPS) is 12.4. The maximum Gasteiger partial charge on any atom is 0.192 e. The molecule has 0 aliphatic rings. The zero-order valence-corrected chi connectivity index (χ0v) is 14.9. The quantitative estimate of drug-likeness (QED) is 0.851. The monoisotopic (exact) mass is 316 g/mol. The summed E-state index contributed by atoms with van der Waals surface area (Å²) < 4.78 is 6.19.